The molecule has 6 nitrogen and oxygen atoms in total. The second-order valence-electron chi connectivity index (χ2n) is 7.78. The number of carbonyl (C=O) groups excluding carboxylic acids is 1. The molecule has 0 saturated carbocycles. The van der Waals surface area contributed by atoms with E-state index >= 15 is 0 Å². The van der Waals surface area contributed by atoms with Gasteiger partial charge in [-0.25, -0.2) is 4.79 Å². The number of ether oxygens (including phenoxy) is 1. The molecule has 1 heterocycles. The highest BCUT2D eigenvalue weighted by molar-refractivity contribution is 14.1. The van der Waals surface area contributed by atoms with Crippen LogP contribution in [-0.4, -0.2) is 56.1 Å². The molecule has 0 atom stereocenters. The van der Waals surface area contributed by atoms with Gasteiger partial charge >= 0.3 is 16.3 Å². The van der Waals surface area contributed by atoms with Gasteiger partial charge in [0.1, 0.15) is 10.5 Å². The zero-order chi connectivity index (χ0) is 20.6. The Bertz CT molecular complexity index is 829. The van der Waals surface area contributed by atoms with Crippen LogP contribution >= 0.6 is 22.6 Å². The Balaban J connectivity index is 2.10. The number of piperazine rings is 1. The molecular formula is C18H26FIN2O4S. The highest BCUT2D eigenvalue weighted by Gasteiger charge is 2.27. The van der Waals surface area contributed by atoms with E-state index in [1.54, 1.807) is 18.7 Å². The van der Waals surface area contributed by atoms with Crippen LogP contribution in [0.2, 0.25) is 0 Å². The van der Waals surface area contributed by atoms with Crippen LogP contribution < -0.4 is 0 Å². The van der Waals surface area contributed by atoms with Crippen molar-refractivity contribution in [2.45, 2.75) is 51.7 Å². The van der Waals surface area contributed by atoms with Gasteiger partial charge in [0.05, 0.1) is 0 Å². The number of rotatable bonds is 3. The molecule has 9 heteroatoms. The molecule has 1 aliphatic heterocycles. The fraction of sp³-hybridized carbons (Fsp3) is 0.611. The third kappa shape index (κ3) is 5.77. The van der Waals surface area contributed by atoms with Gasteiger partial charge in [0.25, 0.3) is 0 Å². The van der Waals surface area contributed by atoms with Crippen LogP contribution in [0.4, 0.5) is 8.68 Å². The van der Waals surface area contributed by atoms with E-state index in [0.29, 0.717) is 43.9 Å². The van der Waals surface area contributed by atoms with Crippen molar-refractivity contribution in [2.24, 2.45) is 0 Å². The molecular weight excluding hydrogens is 486 g/mol. The van der Waals surface area contributed by atoms with E-state index in [0.717, 1.165) is 9.13 Å². The molecule has 1 amide bonds. The van der Waals surface area contributed by atoms with Gasteiger partial charge in [-0.3, -0.25) is 4.90 Å². The number of nitrogens with zero attached hydrogens (tertiary/aromatic N) is 2. The molecule has 1 aromatic rings. The number of hydrogen-bond acceptors (Lipinski definition) is 5. The van der Waals surface area contributed by atoms with Gasteiger partial charge in [-0.1, -0.05) is 0 Å². The SMILES string of the molecule is Cc1c(I)cc(CN2CCN(C(=O)OC(C)(C)C)CC2)c(C)c1S(=O)(=O)F. The molecule has 0 N–H and O–H groups in total. The first-order valence-electron chi connectivity index (χ1n) is 8.73. The monoisotopic (exact) mass is 512 g/mol. The van der Waals surface area contributed by atoms with Crippen LogP contribution in [0.15, 0.2) is 11.0 Å². The summed E-state index contributed by atoms with van der Waals surface area (Å²) < 4.78 is 43.0. The summed E-state index contributed by atoms with van der Waals surface area (Å²) >= 11 is 2.03. The Kier molecular flexibility index (Phi) is 6.79. The minimum atomic E-state index is -4.78. The first-order chi connectivity index (χ1) is 12.3. The largest absolute Gasteiger partial charge is 0.444 e. The van der Waals surface area contributed by atoms with E-state index in [1.807, 2.05) is 49.4 Å². The first kappa shape index (κ1) is 22.4. The molecule has 0 spiro atoms. The van der Waals surface area contributed by atoms with Crippen molar-refractivity contribution in [2.75, 3.05) is 26.2 Å². The Labute approximate surface area is 174 Å². The molecule has 0 aliphatic carbocycles. The molecule has 152 valence electrons. The van der Waals surface area contributed by atoms with Gasteiger partial charge in [-0.15, -0.1) is 3.89 Å². The summed E-state index contributed by atoms with van der Waals surface area (Å²) in [6.07, 6.45) is -0.325. The van der Waals surface area contributed by atoms with Crippen LogP contribution in [0.5, 0.6) is 0 Å². The number of benzene rings is 1. The Hall–Kier alpha value is -0.940. The van der Waals surface area contributed by atoms with Crippen molar-refractivity contribution in [1.29, 1.82) is 0 Å². The highest BCUT2D eigenvalue weighted by atomic mass is 127. The summed E-state index contributed by atoms with van der Waals surface area (Å²) in [6, 6.07) is 1.90. The summed E-state index contributed by atoms with van der Waals surface area (Å²) in [6.45, 7) is 11.6. The third-order valence-electron chi connectivity index (χ3n) is 4.48. The molecule has 1 fully saturated rings. The van der Waals surface area contributed by atoms with Gasteiger partial charge in [-0.05, 0) is 80.0 Å². The number of halogens is 2. The van der Waals surface area contributed by atoms with Crippen LogP contribution in [0.25, 0.3) is 0 Å². The van der Waals surface area contributed by atoms with Crippen molar-refractivity contribution in [1.82, 2.24) is 9.80 Å². The van der Waals surface area contributed by atoms with Gasteiger partial charge in [0.15, 0.2) is 0 Å². The lowest BCUT2D eigenvalue weighted by Crippen LogP contribution is -2.49. The zero-order valence-electron chi connectivity index (χ0n) is 16.3. The van der Waals surface area contributed by atoms with Crippen LogP contribution in [-0.2, 0) is 21.5 Å². The zero-order valence-corrected chi connectivity index (χ0v) is 19.3. The van der Waals surface area contributed by atoms with Crippen LogP contribution in [0.3, 0.4) is 0 Å². The number of hydrogen-bond donors (Lipinski definition) is 0. The minimum absolute atomic E-state index is 0.225. The van der Waals surface area contributed by atoms with Crippen LogP contribution in [0.1, 0.15) is 37.5 Å². The Morgan fingerprint density at radius 2 is 1.74 bits per heavy atom. The second-order valence-corrected chi connectivity index (χ2v) is 10.2. The molecule has 0 bridgehead atoms. The lowest BCUT2D eigenvalue weighted by atomic mass is 10.0. The van der Waals surface area contributed by atoms with Gasteiger partial charge in [0, 0.05) is 36.3 Å². The molecule has 2 rings (SSSR count). The predicted molar refractivity (Wildman–Crippen MR) is 110 cm³/mol. The fourth-order valence-electron chi connectivity index (χ4n) is 3.09. The summed E-state index contributed by atoms with van der Waals surface area (Å²) in [4.78, 5) is 15.7. The van der Waals surface area contributed by atoms with E-state index in [2.05, 4.69) is 4.90 Å². The fourth-order valence-corrected chi connectivity index (χ4v) is 4.89. The average molecular weight is 512 g/mol. The van der Waals surface area contributed by atoms with Crippen molar-refractivity contribution >= 4 is 38.9 Å². The predicted octanol–water partition coefficient (Wildman–Crippen LogP) is 3.62. The van der Waals surface area contributed by atoms with Crippen molar-refractivity contribution < 1.29 is 21.8 Å². The minimum Gasteiger partial charge on any atom is -0.444 e. The number of amides is 1. The lowest BCUT2D eigenvalue weighted by molar-refractivity contribution is 0.0138. The topological polar surface area (TPSA) is 66.9 Å². The van der Waals surface area contributed by atoms with Crippen LogP contribution in [0, 0.1) is 17.4 Å². The van der Waals surface area contributed by atoms with Gasteiger partial charge in [0.2, 0.25) is 0 Å². The Morgan fingerprint density at radius 1 is 1.19 bits per heavy atom. The van der Waals surface area contributed by atoms with E-state index < -0.39 is 15.8 Å². The second kappa shape index (κ2) is 8.20. The standard InChI is InChI=1S/C18H26FIN2O4S/c1-12-14(10-15(20)13(2)16(12)27(19,24)25)11-21-6-8-22(9-7-21)17(23)26-18(3,4)5/h10H,6-9,11H2,1-5H3. The summed E-state index contributed by atoms with van der Waals surface area (Å²) in [7, 11) is -4.78. The maximum Gasteiger partial charge on any atom is 0.410 e. The normalized spacial score (nSPS) is 16.5. The Morgan fingerprint density at radius 3 is 2.22 bits per heavy atom. The van der Waals surface area contributed by atoms with Crippen molar-refractivity contribution in [3.05, 3.63) is 26.3 Å². The van der Waals surface area contributed by atoms with E-state index in [4.69, 9.17) is 4.74 Å². The molecule has 0 unspecified atom stereocenters. The average Bonchev–Trinajstić information content (AvgIpc) is 2.50. The summed E-state index contributed by atoms with van der Waals surface area (Å²) in [5, 5.41) is 0. The molecule has 27 heavy (non-hydrogen) atoms. The van der Waals surface area contributed by atoms with E-state index in [-0.39, 0.29) is 11.0 Å². The maximum atomic E-state index is 13.8. The van der Waals surface area contributed by atoms with Crippen molar-refractivity contribution in [3.8, 4) is 0 Å². The van der Waals surface area contributed by atoms with Gasteiger partial charge < -0.3 is 9.64 Å². The molecule has 1 aliphatic rings. The first-order valence-corrected chi connectivity index (χ1v) is 11.2. The van der Waals surface area contributed by atoms with E-state index in [1.165, 1.54) is 0 Å². The quantitative estimate of drug-likeness (QED) is 0.458. The van der Waals surface area contributed by atoms with Crippen molar-refractivity contribution in [3.63, 3.8) is 0 Å². The summed E-state index contributed by atoms with van der Waals surface area (Å²) in [5.41, 5.74) is 1.14. The molecule has 0 radical (unpaired) electrons. The third-order valence-corrected chi connectivity index (χ3v) is 6.70. The highest BCUT2D eigenvalue weighted by Crippen LogP contribution is 2.30. The maximum absolute atomic E-state index is 13.8. The van der Waals surface area contributed by atoms with Gasteiger partial charge in [-0.2, -0.15) is 8.42 Å². The molecule has 1 aromatic carbocycles. The smallest absolute Gasteiger partial charge is 0.410 e. The molecule has 0 aromatic heterocycles. The lowest BCUT2D eigenvalue weighted by Gasteiger charge is -2.36. The summed E-state index contributed by atoms with van der Waals surface area (Å²) in [5.74, 6) is 0. The van der Waals surface area contributed by atoms with E-state index in [9.17, 15) is 17.1 Å². The number of carbonyl (C=O) groups is 1. The molecule has 1 saturated heterocycles.